The molecular formula is C10H16N2O2. The van der Waals surface area contributed by atoms with Crippen molar-refractivity contribution in [2.45, 2.75) is 0 Å². The quantitative estimate of drug-likeness (QED) is 0.450. The van der Waals surface area contributed by atoms with Gasteiger partial charge in [-0.3, -0.25) is 0 Å². The molecule has 14 heavy (non-hydrogen) atoms. The van der Waals surface area contributed by atoms with Crippen molar-refractivity contribution < 1.29 is 10.2 Å². The number of benzene rings is 1. The van der Waals surface area contributed by atoms with E-state index < -0.39 is 0 Å². The molecule has 0 atom stereocenters. The van der Waals surface area contributed by atoms with Gasteiger partial charge in [0.1, 0.15) is 11.5 Å². The number of phenols is 2. The highest BCUT2D eigenvalue weighted by molar-refractivity contribution is 5.28. The van der Waals surface area contributed by atoms with Crippen molar-refractivity contribution in [3.05, 3.63) is 24.3 Å². The Kier molecular flexibility index (Phi) is 4.82. The summed E-state index contributed by atoms with van der Waals surface area (Å²) in [6.07, 6.45) is 0. The van der Waals surface area contributed by atoms with Gasteiger partial charge in [0.05, 0.1) is 0 Å². The fraction of sp³-hybridized carbons (Fsp3) is 0.400. The summed E-state index contributed by atoms with van der Waals surface area (Å²) in [5.74, 6) is 0.339. The highest BCUT2D eigenvalue weighted by Gasteiger charge is 1.91. The van der Waals surface area contributed by atoms with E-state index in [0.717, 1.165) is 26.2 Å². The molecule has 4 nitrogen and oxygen atoms in total. The van der Waals surface area contributed by atoms with Crippen molar-refractivity contribution in [2.24, 2.45) is 0 Å². The molecule has 0 spiro atoms. The lowest BCUT2D eigenvalue weighted by molar-refractivity contribution is 0.460. The highest BCUT2D eigenvalue weighted by atomic mass is 16.3. The summed E-state index contributed by atoms with van der Waals surface area (Å²) in [6, 6.07) is 5.70. The molecule has 4 N–H and O–H groups in total. The van der Waals surface area contributed by atoms with Crippen LogP contribution in [0.1, 0.15) is 0 Å². The van der Waals surface area contributed by atoms with Crippen LogP contribution in [0.5, 0.6) is 11.5 Å². The molecule has 78 valence electrons. The van der Waals surface area contributed by atoms with Crippen molar-refractivity contribution in [2.75, 3.05) is 26.2 Å². The zero-order valence-corrected chi connectivity index (χ0v) is 8.03. The van der Waals surface area contributed by atoms with Crippen molar-refractivity contribution in [1.29, 1.82) is 0 Å². The fourth-order valence-electron chi connectivity index (χ4n) is 1.06. The monoisotopic (exact) mass is 196 g/mol. The fourth-order valence-corrected chi connectivity index (χ4v) is 1.06. The van der Waals surface area contributed by atoms with Crippen LogP contribution in [0.3, 0.4) is 0 Å². The zero-order chi connectivity index (χ0) is 10.2. The van der Waals surface area contributed by atoms with Crippen LogP contribution in [0, 0.1) is 0 Å². The van der Waals surface area contributed by atoms with Gasteiger partial charge >= 0.3 is 0 Å². The molecule has 1 aromatic rings. The summed E-state index contributed by atoms with van der Waals surface area (Å²) in [4.78, 5) is 0. The second kappa shape index (κ2) is 6.23. The second-order valence-corrected chi connectivity index (χ2v) is 3.02. The minimum absolute atomic E-state index is 0.169. The Labute approximate surface area is 83.6 Å². The first-order chi connectivity index (χ1) is 6.79. The Hall–Kier alpha value is -1.26. The molecule has 1 saturated heterocycles. The number of piperazine rings is 1. The summed E-state index contributed by atoms with van der Waals surface area (Å²) >= 11 is 0. The number of nitrogens with one attached hydrogen (secondary N) is 2. The van der Waals surface area contributed by atoms with Crippen LogP contribution in [-0.4, -0.2) is 36.4 Å². The maximum atomic E-state index is 8.65. The first-order valence-electron chi connectivity index (χ1n) is 4.68. The van der Waals surface area contributed by atoms with E-state index in [-0.39, 0.29) is 11.5 Å². The number of aromatic hydroxyl groups is 2. The molecule has 2 rings (SSSR count). The highest BCUT2D eigenvalue weighted by Crippen LogP contribution is 2.13. The summed E-state index contributed by atoms with van der Waals surface area (Å²) < 4.78 is 0. The van der Waals surface area contributed by atoms with Crippen LogP contribution in [-0.2, 0) is 0 Å². The van der Waals surface area contributed by atoms with Gasteiger partial charge < -0.3 is 20.8 Å². The molecule has 1 aliphatic heterocycles. The van der Waals surface area contributed by atoms with Crippen LogP contribution in [0.2, 0.25) is 0 Å². The average Bonchev–Trinajstić information content (AvgIpc) is 2.26. The molecule has 0 radical (unpaired) electrons. The van der Waals surface area contributed by atoms with E-state index in [1.807, 2.05) is 0 Å². The largest absolute Gasteiger partial charge is 0.508 e. The van der Waals surface area contributed by atoms with E-state index in [0.29, 0.717) is 0 Å². The minimum Gasteiger partial charge on any atom is -0.508 e. The third-order valence-corrected chi connectivity index (χ3v) is 1.81. The van der Waals surface area contributed by atoms with Crippen LogP contribution in [0.25, 0.3) is 0 Å². The molecule has 0 bridgehead atoms. The Balaban J connectivity index is 0.000000146. The lowest BCUT2D eigenvalue weighted by atomic mass is 10.3. The molecule has 0 saturated carbocycles. The van der Waals surface area contributed by atoms with E-state index in [4.69, 9.17) is 10.2 Å². The Bertz CT molecular complexity index is 212. The average molecular weight is 196 g/mol. The van der Waals surface area contributed by atoms with Crippen LogP contribution in [0.15, 0.2) is 24.3 Å². The second-order valence-electron chi connectivity index (χ2n) is 3.02. The molecule has 1 aliphatic rings. The van der Waals surface area contributed by atoms with E-state index in [1.165, 1.54) is 24.3 Å². The molecular weight excluding hydrogens is 180 g/mol. The predicted octanol–water partition coefficient (Wildman–Crippen LogP) is 0.277. The summed E-state index contributed by atoms with van der Waals surface area (Å²) in [7, 11) is 0. The van der Waals surface area contributed by atoms with E-state index >= 15 is 0 Å². The maximum Gasteiger partial charge on any atom is 0.115 e. The van der Waals surface area contributed by atoms with Gasteiger partial charge in [0.25, 0.3) is 0 Å². The molecule has 0 amide bonds. The normalized spacial score (nSPS) is 15.4. The molecule has 0 aliphatic carbocycles. The van der Waals surface area contributed by atoms with Gasteiger partial charge in [0.2, 0.25) is 0 Å². The van der Waals surface area contributed by atoms with Crippen molar-refractivity contribution in [3.63, 3.8) is 0 Å². The number of hydrogen-bond donors (Lipinski definition) is 4. The molecule has 1 heterocycles. The van der Waals surface area contributed by atoms with Gasteiger partial charge in [-0.2, -0.15) is 0 Å². The lowest BCUT2D eigenvalue weighted by Gasteiger charge is -2.11. The third kappa shape index (κ3) is 4.69. The van der Waals surface area contributed by atoms with Crippen molar-refractivity contribution in [3.8, 4) is 11.5 Å². The summed E-state index contributed by atoms with van der Waals surface area (Å²) in [5, 5.41) is 23.7. The number of rotatable bonds is 0. The SMILES string of the molecule is C1CNCCN1.Oc1ccc(O)cc1. The molecule has 1 aromatic carbocycles. The van der Waals surface area contributed by atoms with Crippen LogP contribution in [0.4, 0.5) is 0 Å². The molecule has 0 aromatic heterocycles. The van der Waals surface area contributed by atoms with Gasteiger partial charge in [-0.25, -0.2) is 0 Å². The Morgan fingerprint density at radius 3 is 1.21 bits per heavy atom. The first kappa shape index (κ1) is 10.8. The smallest absolute Gasteiger partial charge is 0.115 e. The molecule has 4 heteroatoms. The minimum atomic E-state index is 0.169. The Morgan fingerprint density at radius 1 is 0.714 bits per heavy atom. The van der Waals surface area contributed by atoms with Gasteiger partial charge in [0.15, 0.2) is 0 Å². The topological polar surface area (TPSA) is 64.5 Å². The summed E-state index contributed by atoms with van der Waals surface area (Å²) in [5.41, 5.74) is 0. The standard InChI is InChI=1S/C6H6O2.C4H10N2/c7-5-1-2-6(8)4-3-5;1-2-6-4-3-5-1/h1-4,7-8H;5-6H,1-4H2. The van der Waals surface area contributed by atoms with Gasteiger partial charge in [0, 0.05) is 26.2 Å². The first-order valence-corrected chi connectivity index (χ1v) is 4.68. The number of phenolic OH excluding ortho intramolecular Hbond substituents is 2. The maximum absolute atomic E-state index is 8.65. The summed E-state index contributed by atoms with van der Waals surface area (Å²) in [6.45, 7) is 4.56. The van der Waals surface area contributed by atoms with Crippen LogP contribution >= 0.6 is 0 Å². The lowest BCUT2D eigenvalue weighted by Crippen LogP contribution is -2.39. The van der Waals surface area contributed by atoms with E-state index in [9.17, 15) is 0 Å². The number of hydrogen-bond acceptors (Lipinski definition) is 4. The van der Waals surface area contributed by atoms with Crippen LogP contribution < -0.4 is 10.6 Å². The van der Waals surface area contributed by atoms with Crippen molar-refractivity contribution >= 4 is 0 Å². The van der Waals surface area contributed by atoms with E-state index in [2.05, 4.69) is 10.6 Å². The molecule has 0 unspecified atom stereocenters. The zero-order valence-electron chi connectivity index (χ0n) is 8.03. The Morgan fingerprint density at radius 2 is 1.00 bits per heavy atom. The van der Waals surface area contributed by atoms with Crippen molar-refractivity contribution in [1.82, 2.24) is 10.6 Å². The molecule has 1 fully saturated rings. The van der Waals surface area contributed by atoms with Gasteiger partial charge in [-0.1, -0.05) is 0 Å². The van der Waals surface area contributed by atoms with Gasteiger partial charge in [-0.15, -0.1) is 0 Å². The predicted molar refractivity (Wildman–Crippen MR) is 55.5 cm³/mol. The van der Waals surface area contributed by atoms with Gasteiger partial charge in [-0.05, 0) is 24.3 Å². The third-order valence-electron chi connectivity index (χ3n) is 1.81. The van der Waals surface area contributed by atoms with E-state index in [1.54, 1.807) is 0 Å².